The van der Waals surface area contributed by atoms with Crippen molar-refractivity contribution in [2.75, 3.05) is 13.1 Å². The molecule has 16 heavy (non-hydrogen) atoms. The summed E-state index contributed by atoms with van der Waals surface area (Å²) in [7, 11) is 0. The fourth-order valence-corrected chi connectivity index (χ4v) is 2.09. The lowest BCUT2D eigenvalue weighted by Gasteiger charge is -2.29. The number of hydrogen-bond donors (Lipinski definition) is 1. The van der Waals surface area contributed by atoms with Crippen LogP contribution in [0.25, 0.3) is 0 Å². The van der Waals surface area contributed by atoms with Gasteiger partial charge in [0.05, 0.1) is 6.10 Å². The van der Waals surface area contributed by atoms with Crippen molar-refractivity contribution >= 4 is 0 Å². The van der Waals surface area contributed by atoms with E-state index in [1.807, 2.05) is 6.20 Å². The summed E-state index contributed by atoms with van der Waals surface area (Å²) in [5, 5.41) is 9.42. The number of piperidine rings is 1. The molecule has 0 bridgehead atoms. The molecule has 1 N–H and O–H groups in total. The number of hydrogen-bond acceptors (Lipinski definition) is 3. The van der Waals surface area contributed by atoms with E-state index in [-0.39, 0.29) is 6.10 Å². The Morgan fingerprint density at radius 2 is 2.12 bits per heavy atom. The van der Waals surface area contributed by atoms with Crippen LogP contribution in [0.4, 0.5) is 0 Å². The molecule has 1 saturated heterocycles. The van der Waals surface area contributed by atoms with Gasteiger partial charge >= 0.3 is 0 Å². The molecular formula is C13H20N2O. The lowest BCUT2D eigenvalue weighted by atomic mass is 10.1. The van der Waals surface area contributed by atoms with E-state index in [0.717, 1.165) is 44.6 Å². The molecule has 1 aromatic heterocycles. The van der Waals surface area contributed by atoms with Crippen molar-refractivity contribution in [3.63, 3.8) is 0 Å². The maximum atomic E-state index is 9.42. The quantitative estimate of drug-likeness (QED) is 0.840. The first-order valence-electron chi connectivity index (χ1n) is 6.12. The molecule has 1 aliphatic rings. The first kappa shape index (κ1) is 11.6. The van der Waals surface area contributed by atoms with Crippen molar-refractivity contribution in [3.05, 3.63) is 29.6 Å². The van der Waals surface area contributed by atoms with Crippen LogP contribution in [0.2, 0.25) is 0 Å². The average molecular weight is 220 g/mol. The molecule has 3 heteroatoms. The smallest absolute Gasteiger partial charge is 0.0564 e. The lowest BCUT2D eigenvalue weighted by Crippen LogP contribution is -2.35. The number of rotatable bonds is 3. The van der Waals surface area contributed by atoms with Crippen LogP contribution >= 0.6 is 0 Å². The highest BCUT2D eigenvalue weighted by molar-refractivity contribution is 5.14. The second-order valence-electron chi connectivity index (χ2n) is 4.52. The highest BCUT2D eigenvalue weighted by Crippen LogP contribution is 2.13. The first-order chi connectivity index (χ1) is 7.78. The monoisotopic (exact) mass is 220 g/mol. The van der Waals surface area contributed by atoms with Crippen molar-refractivity contribution in [3.8, 4) is 0 Å². The molecule has 0 amide bonds. The minimum absolute atomic E-state index is 0.0863. The predicted octanol–water partition coefficient (Wildman–Crippen LogP) is 1.60. The highest BCUT2D eigenvalue weighted by atomic mass is 16.3. The van der Waals surface area contributed by atoms with Crippen molar-refractivity contribution in [1.29, 1.82) is 0 Å². The number of aliphatic hydroxyl groups excluding tert-OH is 1. The van der Waals surface area contributed by atoms with Crippen LogP contribution in [0.3, 0.4) is 0 Å². The number of aromatic nitrogens is 1. The van der Waals surface area contributed by atoms with E-state index in [2.05, 4.69) is 28.9 Å². The molecule has 0 spiro atoms. The molecule has 0 unspecified atom stereocenters. The van der Waals surface area contributed by atoms with E-state index in [0.29, 0.717) is 0 Å². The normalized spacial score (nSPS) is 18.9. The van der Waals surface area contributed by atoms with Crippen LogP contribution in [0, 0.1) is 0 Å². The summed E-state index contributed by atoms with van der Waals surface area (Å²) in [5.74, 6) is 0. The Morgan fingerprint density at radius 1 is 1.38 bits per heavy atom. The fraction of sp³-hybridized carbons (Fsp3) is 0.615. The van der Waals surface area contributed by atoms with Gasteiger partial charge in [-0.3, -0.25) is 9.88 Å². The van der Waals surface area contributed by atoms with Crippen molar-refractivity contribution in [2.45, 2.75) is 38.8 Å². The minimum Gasteiger partial charge on any atom is -0.393 e. The standard InChI is InChI=1S/C13H20N2O/c1-2-12-4-3-11(9-14-12)10-15-7-5-13(16)6-8-15/h3-4,9,13,16H,2,5-8,10H2,1H3. The van der Waals surface area contributed by atoms with Gasteiger partial charge in [0.15, 0.2) is 0 Å². The Balaban J connectivity index is 1.88. The number of aryl methyl sites for hydroxylation is 1. The van der Waals surface area contributed by atoms with Gasteiger partial charge in [0.2, 0.25) is 0 Å². The summed E-state index contributed by atoms with van der Waals surface area (Å²) in [5.41, 5.74) is 2.42. The molecule has 0 atom stereocenters. The number of pyridine rings is 1. The van der Waals surface area contributed by atoms with Gasteiger partial charge in [0.25, 0.3) is 0 Å². The first-order valence-corrected chi connectivity index (χ1v) is 6.12. The summed E-state index contributed by atoms with van der Waals surface area (Å²) in [6.07, 6.45) is 4.69. The summed E-state index contributed by atoms with van der Waals surface area (Å²) < 4.78 is 0. The molecule has 3 nitrogen and oxygen atoms in total. The zero-order valence-electron chi connectivity index (χ0n) is 9.89. The van der Waals surface area contributed by atoms with Gasteiger partial charge < -0.3 is 5.11 Å². The van der Waals surface area contributed by atoms with E-state index in [9.17, 15) is 5.11 Å². The SMILES string of the molecule is CCc1ccc(CN2CCC(O)CC2)cn1. The van der Waals surface area contributed by atoms with Gasteiger partial charge in [-0.25, -0.2) is 0 Å². The second-order valence-corrected chi connectivity index (χ2v) is 4.52. The Morgan fingerprint density at radius 3 is 2.69 bits per heavy atom. The van der Waals surface area contributed by atoms with Crippen molar-refractivity contribution in [2.24, 2.45) is 0 Å². The maximum absolute atomic E-state index is 9.42. The van der Waals surface area contributed by atoms with Gasteiger partial charge in [0, 0.05) is 31.5 Å². The molecule has 0 aliphatic carbocycles. The molecule has 0 saturated carbocycles. The third-order valence-electron chi connectivity index (χ3n) is 3.21. The van der Waals surface area contributed by atoms with Crippen LogP contribution in [0.1, 0.15) is 31.0 Å². The Bertz CT molecular complexity index is 315. The number of aliphatic hydroxyl groups is 1. The Labute approximate surface area is 97.1 Å². The predicted molar refractivity (Wildman–Crippen MR) is 64.1 cm³/mol. The van der Waals surface area contributed by atoms with Crippen LogP contribution < -0.4 is 0 Å². The minimum atomic E-state index is -0.0863. The summed E-state index contributed by atoms with van der Waals surface area (Å²) in [6.45, 7) is 5.07. The molecule has 0 radical (unpaired) electrons. The molecule has 1 fully saturated rings. The molecule has 2 heterocycles. The van der Waals surface area contributed by atoms with E-state index in [4.69, 9.17) is 0 Å². The largest absolute Gasteiger partial charge is 0.393 e. The van der Waals surface area contributed by atoms with E-state index >= 15 is 0 Å². The van der Waals surface area contributed by atoms with Gasteiger partial charge in [-0.2, -0.15) is 0 Å². The molecule has 1 aromatic rings. The third kappa shape index (κ3) is 3.03. The summed E-state index contributed by atoms with van der Waals surface area (Å²) in [4.78, 5) is 6.79. The molecular weight excluding hydrogens is 200 g/mol. The second kappa shape index (κ2) is 5.41. The third-order valence-corrected chi connectivity index (χ3v) is 3.21. The fourth-order valence-electron chi connectivity index (χ4n) is 2.09. The van der Waals surface area contributed by atoms with Crippen LogP contribution in [0.5, 0.6) is 0 Å². The lowest BCUT2D eigenvalue weighted by molar-refractivity contribution is 0.0792. The van der Waals surface area contributed by atoms with Crippen molar-refractivity contribution < 1.29 is 5.11 Å². The Kier molecular flexibility index (Phi) is 3.91. The topological polar surface area (TPSA) is 36.4 Å². The molecule has 88 valence electrons. The van der Waals surface area contributed by atoms with Gasteiger partial charge in [-0.05, 0) is 30.9 Å². The molecule has 1 aliphatic heterocycles. The Hall–Kier alpha value is -0.930. The van der Waals surface area contributed by atoms with Gasteiger partial charge in [0.1, 0.15) is 0 Å². The molecule has 2 rings (SSSR count). The number of nitrogens with zero attached hydrogens (tertiary/aromatic N) is 2. The van der Waals surface area contributed by atoms with Crippen LogP contribution in [-0.4, -0.2) is 34.2 Å². The maximum Gasteiger partial charge on any atom is 0.0564 e. The summed E-state index contributed by atoms with van der Waals surface area (Å²) >= 11 is 0. The van der Waals surface area contributed by atoms with E-state index in [1.54, 1.807) is 0 Å². The highest BCUT2D eigenvalue weighted by Gasteiger charge is 2.16. The summed E-state index contributed by atoms with van der Waals surface area (Å²) in [6, 6.07) is 4.27. The van der Waals surface area contributed by atoms with Gasteiger partial charge in [-0.1, -0.05) is 13.0 Å². The van der Waals surface area contributed by atoms with Crippen LogP contribution in [0.15, 0.2) is 18.3 Å². The van der Waals surface area contributed by atoms with E-state index < -0.39 is 0 Å². The zero-order valence-corrected chi connectivity index (χ0v) is 9.89. The van der Waals surface area contributed by atoms with Crippen molar-refractivity contribution in [1.82, 2.24) is 9.88 Å². The molecule has 0 aromatic carbocycles. The van der Waals surface area contributed by atoms with E-state index in [1.165, 1.54) is 5.56 Å². The zero-order chi connectivity index (χ0) is 11.4. The van der Waals surface area contributed by atoms with Crippen LogP contribution in [-0.2, 0) is 13.0 Å². The number of likely N-dealkylation sites (tertiary alicyclic amines) is 1. The van der Waals surface area contributed by atoms with Gasteiger partial charge in [-0.15, -0.1) is 0 Å². The average Bonchev–Trinajstić information content (AvgIpc) is 2.33.